The number of rotatable bonds is 4. The predicted molar refractivity (Wildman–Crippen MR) is 83.1 cm³/mol. The standard InChI is InChI=1S/C16H18N2O3S/c1-18-14(19)7-6-12(15(18)13-5-3-9-22-13)16(20)17-10-11-4-2-8-21-11/h2-5,8-9,12,15H,6-7,10H2,1H3,(H,17,20). The summed E-state index contributed by atoms with van der Waals surface area (Å²) >= 11 is 1.58. The predicted octanol–water partition coefficient (Wildman–Crippen LogP) is 2.57. The number of furan rings is 1. The molecule has 0 aliphatic carbocycles. The molecule has 5 nitrogen and oxygen atoms in total. The highest BCUT2D eigenvalue weighted by Gasteiger charge is 2.39. The van der Waals surface area contributed by atoms with Gasteiger partial charge in [-0.1, -0.05) is 6.07 Å². The first-order valence-corrected chi connectivity index (χ1v) is 8.14. The lowest BCUT2D eigenvalue weighted by atomic mass is 9.87. The third-order valence-corrected chi connectivity index (χ3v) is 4.99. The van der Waals surface area contributed by atoms with E-state index in [0.29, 0.717) is 19.4 Å². The Balaban J connectivity index is 1.74. The molecule has 2 amide bonds. The van der Waals surface area contributed by atoms with Crippen molar-refractivity contribution < 1.29 is 14.0 Å². The molecule has 2 aromatic rings. The smallest absolute Gasteiger partial charge is 0.225 e. The van der Waals surface area contributed by atoms with Gasteiger partial charge in [0.1, 0.15) is 5.76 Å². The lowest BCUT2D eigenvalue weighted by Gasteiger charge is -2.37. The number of thiophene rings is 1. The molecule has 116 valence electrons. The van der Waals surface area contributed by atoms with E-state index in [2.05, 4.69) is 5.32 Å². The van der Waals surface area contributed by atoms with Gasteiger partial charge < -0.3 is 14.6 Å². The molecule has 22 heavy (non-hydrogen) atoms. The third-order valence-electron chi connectivity index (χ3n) is 4.05. The summed E-state index contributed by atoms with van der Waals surface area (Å²) in [6.07, 6.45) is 2.58. The third kappa shape index (κ3) is 2.92. The molecule has 6 heteroatoms. The van der Waals surface area contributed by atoms with Gasteiger partial charge in [0, 0.05) is 18.3 Å². The minimum absolute atomic E-state index is 0.0332. The van der Waals surface area contributed by atoms with Crippen molar-refractivity contribution in [1.29, 1.82) is 0 Å². The number of hydrogen-bond acceptors (Lipinski definition) is 4. The second-order valence-corrected chi connectivity index (χ2v) is 6.39. The number of carbonyl (C=O) groups excluding carboxylic acids is 2. The lowest BCUT2D eigenvalue weighted by molar-refractivity contribution is -0.141. The summed E-state index contributed by atoms with van der Waals surface area (Å²) in [6.45, 7) is 0.372. The summed E-state index contributed by atoms with van der Waals surface area (Å²) in [5, 5.41) is 4.89. The number of amides is 2. The summed E-state index contributed by atoms with van der Waals surface area (Å²) in [7, 11) is 1.78. The van der Waals surface area contributed by atoms with Crippen LogP contribution in [-0.2, 0) is 16.1 Å². The maximum absolute atomic E-state index is 12.6. The molecular weight excluding hydrogens is 300 g/mol. The van der Waals surface area contributed by atoms with Crippen molar-refractivity contribution in [2.75, 3.05) is 7.05 Å². The molecule has 1 aliphatic heterocycles. The van der Waals surface area contributed by atoms with Gasteiger partial charge >= 0.3 is 0 Å². The second-order valence-electron chi connectivity index (χ2n) is 5.41. The normalized spacial score (nSPS) is 21.9. The Morgan fingerprint density at radius 3 is 3.00 bits per heavy atom. The molecule has 1 saturated heterocycles. The molecule has 0 bridgehead atoms. The average molecular weight is 318 g/mol. The van der Waals surface area contributed by atoms with E-state index in [1.807, 2.05) is 23.6 Å². The van der Waals surface area contributed by atoms with Gasteiger partial charge in [0.2, 0.25) is 11.8 Å². The van der Waals surface area contributed by atoms with Gasteiger partial charge in [-0.25, -0.2) is 0 Å². The Bertz CT molecular complexity index is 636. The van der Waals surface area contributed by atoms with Crippen molar-refractivity contribution >= 4 is 23.2 Å². The van der Waals surface area contributed by atoms with Crippen LogP contribution in [0.1, 0.15) is 29.5 Å². The topological polar surface area (TPSA) is 62.6 Å². The van der Waals surface area contributed by atoms with Crippen LogP contribution in [0.3, 0.4) is 0 Å². The Hall–Kier alpha value is -2.08. The fourth-order valence-electron chi connectivity index (χ4n) is 2.88. The van der Waals surface area contributed by atoms with Crippen LogP contribution in [-0.4, -0.2) is 23.8 Å². The maximum Gasteiger partial charge on any atom is 0.225 e. The van der Waals surface area contributed by atoms with Gasteiger partial charge in [-0.05, 0) is 30.0 Å². The van der Waals surface area contributed by atoms with Crippen molar-refractivity contribution in [3.63, 3.8) is 0 Å². The molecule has 1 N–H and O–H groups in total. The number of nitrogens with zero attached hydrogens (tertiary/aromatic N) is 1. The number of likely N-dealkylation sites (tertiary alicyclic amines) is 1. The van der Waals surface area contributed by atoms with E-state index in [9.17, 15) is 9.59 Å². The monoisotopic (exact) mass is 318 g/mol. The molecule has 0 aromatic carbocycles. The first-order chi connectivity index (χ1) is 10.7. The van der Waals surface area contributed by atoms with Crippen molar-refractivity contribution in [1.82, 2.24) is 10.2 Å². The van der Waals surface area contributed by atoms with Crippen LogP contribution in [0.15, 0.2) is 40.3 Å². The molecular formula is C16H18N2O3S. The number of carbonyl (C=O) groups is 2. The summed E-state index contributed by atoms with van der Waals surface area (Å²) in [5.74, 6) is 0.556. The van der Waals surface area contributed by atoms with Gasteiger partial charge in [0.25, 0.3) is 0 Å². The number of hydrogen-bond donors (Lipinski definition) is 1. The maximum atomic E-state index is 12.6. The summed E-state index contributed by atoms with van der Waals surface area (Å²) in [5.41, 5.74) is 0. The molecule has 1 fully saturated rings. The molecule has 2 unspecified atom stereocenters. The van der Waals surface area contributed by atoms with Crippen LogP contribution in [0.5, 0.6) is 0 Å². The SMILES string of the molecule is CN1C(=O)CCC(C(=O)NCc2ccco2)C1c1cccs1. The van der Waals surface area contributed by atoms with E-state index in [1.165, 1.54) is 0 Å². The molecule has 3 heterocycles. The molecule has 2 atom stereocenters. The van der Waals surface area contributed by atoms with E-state index in [4.69, 9.17) is 4.42 Å². The Labute approximate surface area is 132 Å². The van der Waals surface area contributed by atoms with Gasteiger partial charge in [-0.2, -0.15) is 0 Å². The van der Waals surface area contributed by atoms with Crippen LogP contribution in [0.4, 0.5) is 0 Å². The van der Waals surface area contributed by atoms with E-state index in [1.54, 1.807) is 35.6 Å². The van der Waals surface area contributed by atoms with Crippen LogP contribution in [0, 0.1) is 5.92 Å². The van der Waals surface area contributed by atoms with Crippen LogP contribution < -0.4 is 5.32 Å². The van der Waals surface area contributed by atoms with Crippen molar-refractivity contribution in [2.45, 2.75) is 25.4 Å². The summed E-state index contributed by atoms with van der Waals surface area (Å²) in [6, 6.07) is 7.37. The molecule has 2 aromatic heterocycles. The highest BCUT2D eigenvalue weighted by Crippen LogP contribution is 2.37. The van der Waals surface area contributed by atoms with Gasteiger partial charge in [0.05, 0.1) is 24.8 Å². The first kappa shape index (κ1) is 14.8. The van der Waals surface area contributed by atoms with Crippen molar-refractivity contribution in [2.24, 2.45) is 5.92 Å². The van der Waals surface area contributed by atoms with Gasteiger partial charge in [0.15, 0.2) is 0 Å². The minimum Gasteiger partial charge on any atom is -0.467 e. The molecule has 0 radical (unpaired) electrons. The zero-order valence-electron chi connectivity index (χ0n) is 12.3. The van der Waals surface area contributed by atoms with E-state index in [-0.39, 0.29) is 23.8 Å². The summed E-state index contributed by atoms with van der Waals surface area (Å²) in [4.78, 5) is 27.3. The fraction of sp³-hybridized carbons (Fsp3) is 0.375. The Kier molecular flexibility index (Phi) is 4.29. The van der Waals surface area contributed by atoms with Crippen molar-refractivity contribution in [3.05, 3.63) is 46.5 Å². The zero-order chi connectivity index (χ0) is 15.5. The van der Waals surface area contributed by atoms with Crippen LogP contribution in [0.2, 0.25) is 0 Å². The number of nitrogens with one attached hydrogen (secondary N) is 1. The largest absolute Gasteiger partial charge is 0.467 e. The van der Waals surface area contributed by atoms with E-state index >= 15 is 0 Å². The van der Waals surface area contributed by atoms with E-state index < -0.39 is 0 Å². The van der Waals surface area contributed by atoms with Crippen LogP contribution >= 0.6 is 11.3 Å². The van der Waals surface area contributed by atoms with Crippen molar-refractivity contribution in [3.8, 4) is 0 Å². The molecule has 1 aliphatic rings. The molecule has 0 spiro atoms. The van der Waals surface area contributed by atoms with Gasteiger partial charge in [-0.15, -0.1) is 11.3 Å². The quantitative estimate of drug-likeness (QED) is 0.942. The van der Waals surface area contributed by atoms with E-state index in [0.717, 1.165) is 10.6 Å². The van der Waals surface area contributed by atoms with Gasteiger partial charge in [-0.3, -0.25) is 9.59 Å². The Morgan fingerprint density at radius 2 is 2.32 bits per heavy atom. The Morgan fingerprint density at radius 1 is 1.45 bits per heavy atom. The second kappa shape index (κ2) is 6.36. The average Bonchev–Trinajstić information content (AvgIpc) is 3.20. The van der Waals surface area contributed by atoms with Crippen LogP contribution in [0.25, 0.3) is 0 Å². The fourth-order valence-corrected chi connectivity index (χ4v) is 3.81. The molecule has 3 rings (SSSR count). The molecule has 0 saturated carbocycles. The lowest BCUT2D eigenvalue weighted by Crippen LogP contribution is -2.45. The zero-order valence-corrected chi connectivity index (χ0v) is 13.1. The minimum atomic E-state index is -0.226. The highest BCUT2D eigenvalue weighted by molar-refractivity contribution is 7.10. The number of piperidine rings is 1. The summed E-state index contributed by atoms with van der Waals surface area (Å²) < 4.78 is 5.23. The highest BCUT2D eigenvalue weighted by atomic mass is 32.1. The first-order valence-electron chi connectivity index (χ1n) is 7.26.